The number of amides is 1. The van der Waals surface area contributed by atoms with Gasteiger partial charge < -0.3 is 10.1 Å². The van der Waals surface area contributed by atoms with E-state index in [0.717, 1.165) is 38.6 Å². The number of methoxy groups -OCH3 is 1. The molecule has 0 radical (unpaired) electrons. The van der Waals surface area contributed by atoms with Gasteiger partial charge in [-0.05, 0) is 45.2 Å². The lowest BCUT2D eigenvalue weighted by Gasteiger charge is -2.17. The molecule has 5 nitrogen and oxygen atoms in total. The highest BCUT2D eigenvalue weighted by Crippen LogP contribution is 2.40. The Kier molecular flexibility index (Phi) is 4.60. The van der Waals surface area contributed by atoms with Gasteiger partial charge in [0, 0.05) is 16.9 Å². The van der Waals surface area contributed by atoms with Crippen molar-refractivity contribution in [2.45, 2.75) is 45.6 Å². The maximum Gasteiger partial charge on any atom is 0.262 e. The SMILES string of the molecule is COc1ccccc1[C@@H](C)NC(=O)c1sc2nc(C3CC3)nc(C)c2c1C. The molecular weight excluding hydrogens is 358 g/mol. The number of ether oxygens (including phenoxy) is 1. The number of aromatic nitrogens is 2. The van der Waals surface area contributed by atoms with Crippen LogP contribution in [0.1, 0.15) is 64.0 Å². The summed E-state index contributed by atoms with van der Waals surface area (Å²) in [6.45, 7) is 5.96. The summed E-state index contributed by atoms with van der Waals surface area (Å²) in [7, 11) is 1.64. The molecule has 0 saturated heterocycles. The van der Waals surface area contributed by atoms with Crippen LogP contribution in [0, 0.1) is 13.8 Å². The summed E-state index contributed by atoms with van der Waals surface area (Å²) in [6, 6.07) is 7.59. The Balaban J connectivity index is 1.64. The second-order valence-corrected chi connectivity index (χ2v) is 8.11. The zero-order valence-electron chi connectivity index (χ0n) is 16.0. The Bertz CT molecular complexity index is 1020. The summed E-state index contributed by atoms with van der Waals surface area (Å²) < 4.78 is 5.42. The third-order valence-corrected chi connectivity index (χ3v) is 6.27. The molecule has 0 bridgehead atoms. The van der Waals surface area contributed by atoms with Crippen molar-refractivity contribution >= 4 is 27.5 Å². The van der Waals surface area contributed by atoms with Gasteiger partial charge in [0.25, 0.3) is 5.91 Å². The zero-order valence-corrected chi connectivity index (χ0v) is 16.8. The normalized spacial score (nSPS) is 15.0. The molecule has 1 aromatic carbocycles. The van der Waals surface area contributed by atoms with Gasteiger partial charge in [0.1, 0.15) is 16.4 Å². The average Bonchev–Trinajstić information content (AvgIpc) is 3.45. The monoisotopic (exact) mass is 381 g/mol. The molecule has 0 aliphatic heterocycles. The van der Waals surface area contributed by atoms with Gasteiger partial charge in [-0.3, -0.25) is 4.79 Å². The lowest BCUT2D eigenvalue weighted by atomic mass is 10.1. The van der Waals surface area contributed by atoms with Gasteiger partial charge in [-0.2, -0.15) is 0 Å². The number of carbonyl (C=O) groups is 1. The van der Waals surface area contributed by atoms with Gasteiger partial charge in [0.05, 0.1) is 23.7 Å². The van der Waals surface area contributed by atoms with Crippen molar-refractivity contribution in [1.29, 1.82) is 0 Å². The van der Waals surface area contributed by atoms with Gasteiger partial charge in [-0.15, -0.1) is 11.3 Å². The molecule has 1 atom stereocenters. The van der Waals surface area contributed by atoms with Crippen LogP contribution >= 0.6 is 11.3 Å². The topological polar surface area (TPSA) is 64.1 Å². The Morgan fingerprint density at radius 1 is 1.26 bits per heavy atom. The number of carbonyl (C=O) groups excluding carboxylic acids is 1. The third kappa shape index (κ3) is 3.30. The number of para-hydroxylation sites is 1. The van der Waals surface area contributed by atoms with Gasteiger partial charge >= 0.3 is 0 Å². The predicted molar refractivity (Wildman–Crippen MR) is 108 cm³/mol. The first-order chi connectivity index (χ1) is 13.0. The van der Waals surface area contributed by atoms with E-state index in [-0.39, 0.29) is 11.9 Å². The molecule has 1 saturated carbocycles. The Morgan fingerprint density at radius 2 is 2.00 bits per heavy atom. The summed E-state index contributed by atoms with van der Waals surface area (Å²) in [5, 5.41) is 4.11. The van der Waals surface area contributed by atoms with E-state index in [1.165, 1.54) is 24.2 Å². The van der Waals surface area contributed by atoms with Crippen LogP contribution in [-0.4, -0.2) is 23.0 Å². The Labute approximate surface area is 162 Å². The van der Waals surface area contributed by atoms with E-state index in [1.807, 2.05) is 45.0 Å². The highest BCUT2D eigenvalue weighted by Gasteiger charge is 2.28. The molecule has 1 fully saturated rings. The number of hydrogen-bond donors (Lipinski definition) is 1. The molecule has 2 aromatic heterocycles. The van der Waals surface area contributed by atoms with E-state index >= 15 is 0 Å². The number of aryl methyl sites for hydroxylation is 2. The van der Waals surface area contributed by atoms with Crippen LogP contribution in [0.2, 0.25) is 0 Å². The van der Waals surface area contributed by atoms with Gasteiger partial charge in [-0.1, -0.05) is 18.2 Å². The van der Waals surface area contributed by atoms with Crippen molar-refractivity contribution in [2.24, 2.45) is 0 Å². The first kappa shape index (κ1) is 17.9. The fourth-order valence-electron chi connectivity index (χ4n) is 3.46. The highest BCUT2D eigenvalue weighted by molar-refractivity contribution is 7.20. The van der Waals surface area contributed by atoms with Gasteiger partial charge in [0.15, 0.2) is 0 Å². The molecule has 1 aliphatic rings. The van der Waals surface area contributed by atoms with Crippen molar-refractivity contribution in [2.75, 3.05) is 7.11 Å². The van der Waals surface area contributed by atoms with Crippen LogP contribution in [-0.2, 0) is 0 Å². The quantitative estimate of drug-likeness (QED) is 0.697. The van der Waals surface area contributed by atoms with Crippen molar-refractivity contribution in [3.63, 3.8) is 0 Å². The van der Waals surface area contributed by atoms with E-state index in [1.54, 1.807) is 7.11 Å². The van der Waals surface area contributed by atoms with Crippen molar-refractivity contribution in [3.05, 3.63) is 51.8 Å². The van der Waals surface area contributed by atoms with Crippen LogP contribution in [0.15, 0.2) is 24.3 Å². The summed E-state index contributed by atoms with van der Waals surface area (Å²) in [4.78, 5) is 24.0. The average molecular weight is 382 g/mol. The molecule has 4 rings (SSSR count). The van der Waals surface area contributed by atoms with Crippen LogP contribution in [0.25, 0.3) is 10.2 Å². The fraction of sp³-hybridized carbons (Fsp3) is 0.381. The molecule has 140 valence electrons. The first-order valence-electron chi connectivity index (χ1n) is 9.21. The lowest BCUT2D eigenvalue weighted by molar-refractivity contribution is 0.0943. The molecule has 6 heteroatoms. The van der Waals surface area contributed by atoms with Gasteiger partial charge in [-0.25, -0.2) is 9.97 Å². The second kappa shape index (κ2) is 6.93. The smallest absolute Gasteiger partial charge is 0.262 e. The van der Waals surface area contributed by atoms with Crippen molar-refractivity contribution < 1.29 is 9.53 Å². The van der Waals surface area contributed by atoms with Crippen molar-refractivity contribution in [3.8, 4) is 5.75 Å². The largest absolute Gasteiger partial charge is 0.496 e. The second-order valence-electron chi connectivity index (χ2n) is 7.11. The predicted octanol–water partition coefficient (Wildman–Crippen LogP) is 4.69. The molecule has 3 aromatic rings. The molecule has 1 amide bonds. The number of benzene rings is 1. The number of fused-ring (bicyclic) bond motifs is 1. The summed E-state index contributed by atoms with van der Waals surface area (Å²) >= 11 is 1.46. The van der Waals surface area contributed by atoms with Crippen molar-refractivity contribution in [1.82, 2.24) is 15.3 Å². The number of rotatable bonds is 5. The Morgan fingerprint density at radius 3 is 2.70 bits per heavy atom. The first-order valence-corrected chi connectivity index (χ1v) is 10.0. The van der Waals surface area contributed by atoms with Crippen LogP contribution < -0.4 is 10.1 Å². The maximum atomic E-state index is 13.0. The molecule has 0 unspecified atom stereocenters. The highest BCUT2D eigenvalue weighted by atomic mass is 32.1. The van der Waals surface area contributed by atoms with E-state index in [0.29, 0.717) is 10.8 Å². The number of thiophene rings is 1. The standard InChI is InChI=1S/C21H23N3O2S/c1-11-17-13(3)22-19(14-9-10-14)24-21(17)27-18(11)20(25)23-12(2)15-7-5-6-8-16(15)26-4/h5-8,12,14H,9-10H2,1-4H3,(H,23,25)/t12-/m1/s1. The number of nitrogens with one attached hydrogen (secondary N) is 1. The summed E-state index contributed by atoms with van der Waals surface area (Å²) in [5.41, 5.74) is 2.88. The Hall–Kier alpha value is -2.47. The summed E-state index contributed by atoms with van der Waals surface area (Å²) in [6.07, 6.45) is 2.33. The molecule has 2 heterocycles. The lowest BCUT2D eigenvalue weighted by Crippen LogP contribution is -2.26. The maximum absolute atomic E-state index is 13.0. The fourth-order valence-corrected chi connectivity index (χ4v) is 4.61. The van der Waals surface area contributed by atoms with E-state index in [4.69, 9.17) is 9.72 Å². The number of nitrogens with zero attached hydrogens (tertiary/aromatic N) is 2. The van der Waals surface area contributed by atoms with E-state index in [2.05, 4.69) is 10.3 Å². The minimum absolute atomic E-state index is 0.0821. The molecule has 27 heavy (non-hydrogen) atoms. The molecule has 1 N–H and O–H groups in total. The van der Waals surface area contributed by atoms with Crippen LogP contribution in [0.4, 0.5) is 0 Å². The minimum Gasteiger partial charge on any atom is -0.496 e. The third-order valence-electron chi connectivity index (χ3n) is 5.09. The molecular formula is C21H23N3O2S. The minimum atomic E-state index is -0.160. The molecule has 0 spiro atoms. The van der Waals surface area contributed by atoms with Gasteiger partial charge in [0.2, 0.25) is 0 Å². The number of hydrogen-bond acceptors (Lipinski definition) is 5. The van der Waals surface area contributed by atoms with E-state index in [9.17, 15) is 4.79 Å². The zero-order chi connectivity index (χ0) is 19.1. The molecule has 1 aliphatic carbocycles. The van der Waals surface area contributed by atoms with Crippen LogP contribution in [0.5, 0.6) is 5.75 Å². The summed E-state index contributed by atoms with van der Waals surface area (Å²) in [5.74, 6) is 2.12. The van der Waals surface area contributed by atoms with E-state index < -0.39 is 0 Å². The van der Waals surface area contributed by atoms with Crippen LogP contribution in [0.3, 0.4) is 0 Å².